The van der Waals surface area contributed by atoms with Gasteiger partial charge in [-0.25, -0.2) is 0 Å². The summed E-state index contributed by atoms with van der Waals surface area (Å²) in [5.74, 6) is 1.80. The first-order chi connectivity index (χ1) is 6.65. The van der Waals surface area contributed by atoms with Crippen molar-refractivity contribution in [3.05, 3.63) is 9.47 Å². The molecule has 0 spiro atoms. The van der Waals surface area contributed by atoms with Crippen LogP contribution < -0.4 is 0 Å². The van der Waals surface area contributed by atoms with Crippen LogP contribution in [0.4, 0.5) is 0 Å². The molecule has 1 heterocycles. The Morgan fingerprint density at radius 3 is 2.79 bits per heavy atom. The smallest absolute Gasteiger partial charge is 0.207 e. The molecule has 2 unspecified atom stereocenters. The lowest BCUT2D eigenvalue weighted by Crippen LogP contribution is -2.20. The normalized spacial score (nSPS) is 25.7. The summed E-state index contributed by atoms with van der Waals surface area (Å²) in [4.78, 5) is 2.30. The highest BCUT2D eigenvalue weighted by molar-refractivity contribution is 7.15. The molecule has 0 aromatic carbocycles. The van der Waals surface area contributed by atoms with Crippen molar-refractivity contribution < 1.29 is 0 Å². The Morgan fingerprint density at radius 1 is 1.57 bits per heavy atom. The zero-order chi connectivity index (χ0) is 10.1. The molecule has 5 heteroatoms. The Balaban J connectivity index is 1.79. The molecule has 3 nitrogen and oxygen atoms in total. The minimum Gasteiger partial charge on any atom is -0.299 e. The lowest BCUT2D eigenvalue weighted by atomic mass is 10.3. The van der Waals surface area contributed by atoms with Gasteiger partial charge in [-0.1, -0.05) is 18.3 Å². The average molecular weight is 232 g/mol. The molecule has 1 saturated carbocycles. The summed E-state index contributed by atoms with van der Waals surface area (Å²) < 4.78 is 0.535. The van der Waals surface area contributed by atoms with Gasteiger partial charge >= 0.3 is 0 Å². The van der Waals surface area contributed by atoms with Gasteiger partial charge in [-0.2, -0.15) is 0 Å². The van der Waals surface area contributed by atoms with E-state index in [1.165, 1.54) is 24.3 Å². The fraction of sp³-hybridized carbons (Fsp3) is 0.778. The molecule has 1 aromatic rings. The highest BCUT2D eigenvalue weighted by Gasteiger charge is 2.33. The maximum atomic E-state index is 5.71. The van der Waals surface area contributed by atoms with E-state index in [4.69, 9.17) is 11.6 Å². The monoisotopic (exact) mass is 231 g/mol. The largest absolute Gasteiger partial charge is 0.299 e. The molecule has 1 aliphatic rings. The van der Waals surface area contributed by atoms with Crippen LogP contribution in [-0.4, -0.2) is 28.7 Å². The van der Waals surface area contributed by atoms with Gasteiger partial charge in [-0.05, 0) is 36.9 Å². The highest BCUT2D eigenvalue weighted by Crippen LogP contribution is 2.38. The van der Waals surface area contributed by atoms with Gasteiger partial charge in [0.1, 0.15) is 5.01 Å². The molecule has 1 aromatic heterocycles. The molecular formula is C9H14ClN3S. The van der Waals surface area contributed by atoms with E-state index in [2.05, 4.69) is 29.1 Å². The lowest BCUT2D eigenvalue weighted by Gasteiger charge is -2.13. The zero-order valence-electron chi connectivity index (χ0n) is 8.40. The molecule has 0 N–H and O–H groups in total. The second-order valence-electron chi connectivity index (χ2n) is 4.12. The Bertz CT molecular complexity index is 315. The van der Waals surface area contributed by atoms with Crippen LogP contribution >= 0.6 is 22.9 Å². The molecule has 0 saturated heterocycles. The molecule has 14 heavy (non-hydrogen) atoms. The van der Waals surface area contributed by atoms with Crippen LogP contribution in [0.3, 0.4) is 0 Å². The standard InChI is InChI=1S/C9H14ClN3S/c1-6-3-7(6)4-13(2)5-8-11-12-9(10)14-8/h6-7H,3-5H2,1-2H3. The van der Waals surface area contributed by atoms with Crippen molar-refractivity contribution in [2.24, 2.45) is 11.8 Å². The summed E-state index contributed by atoms with van der Waals surface area (Å²) >= 11 is 7.18. The van der Waals surface area contributed by atoms with Crippen molar-refractivity contribution in [1.29, 1.82) is 0 Å². The molecule has 0 bridgehead atoms. The van der Waals surface area contributed by atoms with Crippen molar-refractivity contribution in [3.63, 3.8) is 0 Å². The van der Waals surface area contributed by atoms with Crippen molar-refractivity contribution in [1.82, 2.24) is 15.1 Å². The molecule has 0 amide bonds. The maximum absolute atomic E-state index is 5.71. The zero-order valence-corrected chi connectivity index (χ0v) is 9.98. The minimum atomic E-state index is 0.535. The minimum absolute atomic E-state index is 0.535. The predicted octanol–water partition coefficient (Wildman–Crippen LogP) is 2.28. The van der Waals surface area contributed by atoms with Gasteiger partial charge in [-0.15, -0.1) is 10.2 Å². The summed E-state index contributed by atoms with van der Waals surface area (Å²) in [6.07, 6.45) is 1.38. The number of halogens is 1. The second kappa shape index (κ2) is 4.13. The van der Waals surface area contributed by atoms with E-state index in [0.717, 1.165) is 23.4 Å². The van der Waals surface area contributed by atoms with Crippen molar-refractivity contribution in [3.8, 4) is 0 Å². The first-order valence-corrected chi connectivity index (χ1v) is 6.01. The third-order valence-corrected chi connectivity index (χ3v) is 3.67. The number of hydrogen-bond donors (Lipinski definition) is 0. The molecule has 1 aliphatic carbocycles. The Hall–Kier alpha value is -0.190. The Morgan fingerprint density at radius 2 is 2.29 bits per heavy atom. The molecule has 78 valence electrons. The van der Waals surface area contributed by atoms with Gasteiger partial charge in [0.15, 0.2) is 0 Å². The van der Waals surface area contributed by atoms with E-state index >= 15 is 0 Å². The molecule has 0 aliphatic heterocycles. The number of rotatable bonds is 4. The molecule has 2 atom stereocenters. The lowest BCUT2D eigenvalue weighted by molar-refractivity contribution is 0.306. The number of nitrogens with zero attached hydrogens (tertiary/aromatic N) is 3. The van der Waals surface area contributed by atoms with Gasteiger partial charge in [0.05, 0.1) is 6.54 Å². The first kappa shape index (κ1) is 10.3. The summed E-state index contributed by atoms with van der Waals surface area (Å²) in [5.41, 5.74) is 0. The van der Waals surface area contributed by atoms with Crippen molar-refractivity contribution in [2.45, 2.75) is 19.9 Å². The average Bonchev–Trinajstić information content (AvgIpc) is 2.59. The quantitative estimate of drug-likeness (QED) is 0.796. The van der Waals surface area contributed by atoms with Crippen LogP contribution in [0.15, 0.2) is 0 Å². The molecule has 0 radical (unpaired) electrons. The van der Waals surface area contributed by atoms with E-state index in [1.54, 1.807) is 0 Å². The van der Waals surface area contributed by atoms with Gasteiger partial charge in [0.2, 0.25) is 4.47 Å². The van der Waals surface area contributed by atoms with E-state index in [9.17, 15) is 0 Å². The maximum Gasteiger partial charge on any atom is 0.207 e. The predicted molar refractivity (Wildman–Crippen MR) is 58.5 cm³/mol. The highest BCUT2D eigenvalue weighted by atomic mass is 35.5. The Labute approximate surface area is 93.1 Å². The fourth-order valence-electron chi connectivity index (χ4n) is 1.65. The summed E-state index contributed by atoms with van der Waals surface area (Å²) in [6, 6.07) is 0. The molecular weight excluding hydrogens is 218 g/mol. The number of hydrogen-bond acceptors (Lipinski definition) is 4. The number of aromatic nitrogens is 2. The molecule has 2 rings (SSSR count). The van der Waals surface area contributed by atoms with E-state index < -0.39 is 0 Å². The second-order valence-corrected chi connectivity index (χ2v) is 5.76. The summed E-state index contributed by atoms with van der Waals surface area (Å²) in [7, 11) is 2.13. The van der Waals surface area contributed by atoms with Crippen LogP contribution in [-0.2, 0) is 6.54 Å². The third kappa shape index (κ3) is 2.65. The van der Waals surface area contributed by atoms with Gasteiger partial charge in [-0.3, -0.25) is 4.90 Å². The Kier molecular flexibility index (Phi) is 3.04. The van der Waals surface area contributed by atoms with Crippen molar-refractivity contribution in [2.75, 3.05) is 13.6 Å². The van der Waals surface area contributed by atoms with E-state index in [-0.39, 0.29) is 0 Å². The van der Waals surface area contributed by atoms with Crippen LogP contribution in [0, 0.1) is 11.8 Å². The van der Waals surface area contributed by atoms with Crippen molar-refractivity contribution >= 4 is 22.9 Å². The van der Waals surface area contributed by atoms with Gasteiger partial charge in [0.25, 0.3) is 0 Å². The van der Waals surface area contributed by atoms with Gasteiger partial charge in [0, 0.05) is 6.54 Å². The molecule has 1 fully saturated rings. The van der Waals surface area contributed by atoms with E-state index in [0.29, 0.717) is 4.47 Å². The fourth-order valence-corrected chi connectivity index (χ4v) is 2.59. The van der Waals surface area contributed by atoms with Crippen LogP contribution in [0.25, 0.3) is 0 Å². The van der Waals surface area contributed by atoms with Crippen LogP contribution in [0.2, 0.25) is 4.47 Å². The topological polar surface area (TPSA) is 29.0 Å². The van der Waals surface area contributed by atoms with Crippen LogP contribution in [0.1, 0.15) is 18.4 Å². The first-order valence-electron chi connectivity index (χ1n) is 4.81. The van der Waals surface area contributed by atoms with E-state index in [1.807, 2.05) is 0 Å². The third-order valence-electron chi connectivity index (χ3n) is 2.67. The summed E-state index contributed by atoms with van der Waals surface area (Å²) in [5, 5.41) is 8.79. The van der Waals surface area contributed by atoms with Gasteiger partial charge < -0.3 is 0 Å². The van der Waals surface area contributed by atoms with Crippen LogP contribution in [0.5, 0.6) is 0 Å². The summed E-state index contributed by atoms with van der Waals surface area (Å²) in [6.45, 7) is 4.34. The SMILES string of the molecule is CC1CC1CN(C)Cc1nnc(Cl)s1.